The summed E-state index contributed by atoms with van der Waals surface area (Å²) in [4.78, 5) is 62.9. The summed E-state index contributed by atoms with van der Waals surface area (Å²) in [5, 5.41) is 13.3. The maximum Gasteiger partial charge on any atom is 0.330 e. The number of ether oxygens (including phenoxy) is 1. The number of rotatable bonds is 8. The zero-order valence-corrected chi connectivity index (χ0v) is 18.7. The molecule has 1 heterocycles. The van der Waals surface area contributed by atoms with Gasteiger partial charge in [0.05, 0.1) is 16.8 Å². The Morgan fingerprint density at radius 3 is 2.31 bits per heavy atom. The van der Waals surface area contributed by atoms with Crippen molar-refractivity contribution in [3.8, 4) is 0 Å². The fourth-order valence-corrected chi connectivity index (χ4v) is 4.38. The van der Waals surface area contributed by atoms with Crippen LogP contribution in [0.2, 0.25) is 0 Å². The van der Waals surface area contributed by atoms with Crippen LogP contribution in [0.4, 0.5) is 11.4 Å². The summed E-state index contributed by atoms with van der Waals surface area (Å²) in [5.41, 5.74) is 0.691. The number of amides is 3. The normalized spacial score (nSPS) is 19.7. The molecule has 2 aliphatic rings. The van der Waals surface area contributed by atoms with Crippen molar-refractivity contribution < 1.29 is 28.8 Å². The Balaban J connectivity index is 1.47. The van der Waals surface area contributed by atoms with E-state index in [1.54, 1.807) is 24.3 Å². The lowest BCUT2D eigenvalue weighted by molar-refractivity contribution is -0.384. The fraction of sp³-hybridized carbons (Fsp3) is 0.280. The standard InChI is InChI=1S/C25H23N3O7/c29-22(26-17-9-6-10-18(14-17)28(33)34)15-35-25(32)21(13-16-7-2-1-3-8-16)27-23(30)19-11-4-5-12-20(19)24(27)31/h1-10,14,19-21H,11-13,15H2,(H,26,29)/t19-,20-,21-/m0/s1. The summed E-state index contributed by atoms with van der Waals surface area (Å²) in [5.74, 6) is -3.43. The molecule has 0 radical (unpaired) electrons. The SMILES string of the molecule is O=C(COC(=O)[C@H](Cc1ccccc1)N1C(=O)[C@H]2CC=CC[C@@H]2C1=O)Nc1cccc([N+](=O)[O-])c1. The summed E-state index contributed by atoms with van der Waals surface area (Å²) < 4.78 is 5.20. The molecule has 0 unspecified atom stereocenters. The Bertz CT molecular complexity index is 1170. The minimum absolute atomic E-state index is 0.0521. The molecule has 1 fully saturated rings. The third-order valence-electron chi connectivity index (χ3n) is 6.08. The molecule has 0 aromatic heterocycles. The number of imide groups is 1. The number of carbonyl (C=O) groups is 4. The van der Waals surface area contributed by atoms with Gasteiger partial charge in [-0.05, 0) is 24.5 Å². The highest BCUT2D eigenvalue weighted by atomic mass is 16.6. The number of hydrogen-bond acceptors (Lipinski definition) is 7. The van der Waals surface area contributed by atoms with Gasteiger partial charge in [0.2, 0.25) is 11.8 Å². The van der Waals surface area contributed by atoms with Gasteiger partial charge in [0.15, 0.2) is 6.61 Å². The third kappa shape index (κ3) is 5.26. The number of benzene rings is 2. The lowest BCUT2D eigenvalue weighted by Crippen LogP contribution is -2.48. The highest BCUT2D eigenvalue weighted by molar-refractivity contribution is 6.08. The van der Waals surface area contributed by atoms with Gasteiger partial charge >= 0.3 is 5.97 Å². The molecule has 180 valence electrons. The van der Waals surface area contributed by atoms with Crippen LogP contribution in [0, 0.1) is 22.0 Å². The molecule has 2 aromatic carbocycles. The average Bonchev–Trinajstić information content (AvgIpc) is 3.11. The minimum atomic E-state index is -1.21. The van der Waals surface area contributed by atoms with Crippen molar-refractivity contribution in [2.24, 2.45) is 11.8 Å². The van der Waals surface area contributed by atoms with Crippen molar-refractivity contribution in [3.05, 3.63) is 82.4 Å². The van der Waals surface area contributed by atoms with Gasteiger partial charge in [-0.2, -0.15) is 0 Å². The molecule has 0 spiro atoms. The van der Waals surface area contributed by atoms with Crippen molar-refractivity contribution >= 4 is 35.1 Å². The number of nitrogens with one attached hydrogen (secondary N) is 1. The van der Waals surface area contributed by atoms with Crippen LogP contribution in [0.25, 0.3) is 0 Å². The van der Waals surface area contributed by atoms with Gasteiger partial charge in [0.25, 0.3) is 11.6 Å². The molecule has 35 heavy (non-hydrogen) atoms. The molecule has 10 nitrogen and oxygen atoms in total. The van der Waals surface area contributed by atoms with E-state index in [1.807, 2.05) is 18.2 Å². The number of non-ortho nitro benzene ring substituents is 1. The van der Waals surface area contributed by atoms with Crippen molar-refractivity contribution in [1.29, 1.82) is 0 Å². The average molecular weight is 477 g/mol. The van der Waals surface area contributed by atoms with E-state index < -0.39 is 53.1 Å². The van der Waals surface area contributed by atoms with Crippen LogP contribution in [-0.2, 0) is 30.3 Å². The molecule has 2 aromatic rings. The third-order valence-corrected chi connectivity index (χ3v) is 6.08. The number of hydrogen-bond donors (Lipinski definition) is 1. The van der Waals surface area contributed by atoms with E-state index in [2.05, 4.69) is 5.32 Å². The highest BCUT2D eigenvalue weighted by Crippen LogP contribution is 2.36. The predicted molar refractivity (Wildman–Crippen MR) is 124 cm³/mol. The Morgan fingerprint density at radius 1 is 1.03 bits per heavy atom. The molecule has 4 rings (SSSR count). The molecule has 1 aliphatic carbocycles. The number of allylic oxidation sites excluding steroid dienone is 2. The quantitative estimate of drug-likeness (QED) is 0.203. The first-order chi connectivity index (χ1) is 16.8. The van der Waals surface area contributed by atoms with Crippen molar-refractivity contribution in [1.82, 2.24) is 4.90 Å². The monoisotopic (exact) mass is 477 g/mol. The molecule has 3 amide bonds. The van der Waals surface area contributed by atoms with Gasteiger partial charge in [-0.3, -0.25) is 29.4 Å². The van der Waals surface area contributed by atoms with Gasteiger partial charge < -0.3 is 10.1 Å². The van der Waals surface area contributed by atoms with Crippen LogP contribution in [0.1, 0.15) is 18.4 Å². The van der Waals surface area contributed by atoms with E-state index >= 15 is 0 Å². The first-order valence-electron chi connectivity index (χ1n) is 11.1. The fourth-order valence-electron chi connectivity index (χ4n) is 4.38. The Hall–Kier alpha value is -4.34. The summed E-state index contributed by atoms with van der Waals surface area (Å²) in [7, 11) is 0. The second-order valence-electron chi connectivity index (χ2n) is 8.37. The summed E-state index contributed by atoms with van der Waals surface area (Å²) >= 11 is 0. The second kappa shape index (κ2) is 10.3. The second-order valence-corrected chi connectivity index (χ2v) is 8.37. The van der Waals surface area contributed by atoms with Crippen molar-refractivity contribution in [2.45, 2.75) is 25.3 Å². The molecule has 3 atom stereocenters. The van der Waals surface area contributed by atoms with Gasteiger partial charge in [-0.25, -0.2) is 4.79 Å². The van der Waals surface area contributed by atoms with E-state index in [1.165, 1.54) is 24.3 Å². The molecule has 1 aliphatic heterocycles. The molecule has 0 bridgehead atoms. The van der Waals surface area contributed by atoms with Crippen LogP contribution in [-0.4, -0.2) is 46.2 Å². The van der Waals surface area contributed by atoms with E-state index in [4.69, 9.17) is 4.74 Å². The van der Waals surface area contributed by atoms with Crippen LogP contribution < -0.4 is 5.32 Å². The van der Waals surface area contributed by atoms with Crippen LogP contribution in [0.15, 0.2) is 66.7 Å². The van der Waals surface area contributed by atoms with Crippen LogP contribution in [0.3, 0.4) is 0 Å². The first kappa shape index (κ1) is 23.8. The summed E-state index contributed by atoms with van der Waals surface area (Å²) in [6.45, 7) is -0.683. The topological polar surface area (TPSA) is 136 Å². The minimum Gasteiger partial charge on any atom is -0.454 e. The van der Waals surface area contributed by atoms with E-state index in [9.17, 15) is 29.3 Å². The number of nitro groups is 1. The lowest BCUT2D eigenvalue weighted by Gasteiger charge is -2.25. The Morgan fingerprint density at radius 2 is 1.69 bits per heavy atom. The summed E-state index contributed by atoms with van der Waals surface area (Å²) in [6.07, 6.45) is 4.64. The number of fused-ring (bicyclic) bond motifs is 1. The zero-order chi connectivity index (χ0) is 24.9. The maximum absolute atomic E-state index is 13.1. The van der Waals surface area contributed by atoms with Gasteiger partial charge in [-0.15, -0.1) is 0 Å². The van der Waals surface area contributed by atoms with Gasteiger partial charge in [0.1, 0.15) is 6.04 Å². The zero-order valence-electron chi connectivity index (χ0n) is 18.7. The van der Waals surface area contributed by atoms with Crippen LogP contribution >= 0.6 is 0 Å². The molecular formula is C25H23N3O7. The Kier molecular flexibility index (Phi) is 7.00. The largest absolute Gasteiger partial charge is 0.454 e. The Labute approximate surface area is 200 Å². The molecular weight excluding hydrogens is 454 g/mol. The maximum atomic E-state index is 13.1. The first-order valence-corrected chi connectivity index (χ1v) is 11.1. The van der Waals surface area contributed by atoms with Crippen molar-refractivity contribution in [2.75, 3.05) is 11.9 Å². The van der Waals surface area contributed by atoms with E-state index in [0.29, 0.717) is 12.8 Å². The smallest absolute Gasteiger partial charge is 0.330 e. The van der Waals surface area contributed by atoms with E-state index in [-0.39, 0.29) is 17.8 Å². The molecule has 1 saturated heterocycles. The molecule has 1 N–H and O–H groups in total. The van der Waals surface area contributed by atoms with Gasteiger partial charge in [-0.1, -0.05) is 48.6 Å². The molecule has 10 heteroatoms. The van der Waals surface area contributed by atoms with Crippen molar-refractivity contribution in [3.63, 3.8) is 0 Å². The number of esters is 1. The lowest BCUT2D eigenvalue weighted by atomic mass is 9.85. The number of likely N-dealkylation sites (tertiary alicyclic amines) is 1. The number of anilines is 1. The predicted octanol–water partition coefficient (Wildman–Crippen LogP) is 2.64. The number of carbonyl (C=O) groups excluding carboxylic acids is 4. The number of nitro benzene ring substituents is 1. The van der Waals surface area contributed by atoms with Gasteiger partial charge in [0, 0.05) is 24.2 Å². The van der Waals surface area contributed by atoms with E-state index in [0.717, 1.165) is 10.5 Å². The summed E-state index contributed by atoms with van der Waals surface area (Å²) in [6, 6.07) is 13.0. The molecule has 0 saturated carbocycles. The van der Waals surface area contributed by atoms with Crippen LogP contribution in [0.5, 0.6) is 0 Å². The number of nitrogens with zero attached hydrogens (tertiary/aromatic N) is 2. The highest BCUT2D eigenvalue weighted by Gasteiger charge is 2.51.